The van der Waals surface area contributed by atoms with Gasteiger partial charge in [0, 0.05) is 0 Å². The highest BCUT2D eigenvalue weighted by molar-refractivity contribution is 5.74. The number of para-hydroxylation sites is 1. The van der Waals surface area contributed by atoms with E-state index in [1.807, 2.05) is 90.5 Å². The first-order valence-corrected chi connectivity index (χ1v) is 10.3. The van der Waals surface area contributed by atoms with Gasteiger partial charge in [0.2, 0.25) is 6.23 Å². The fourth-order valence-corrected chi connectivity index (χ4v) is 3.66. The van der Waals surface area contributed by atoms with Crippen LogP contribution in [0.2, 0.25) is 0 Å². The van der Waals surface area contributed by atoms with Gasteiger partial charge < -0.3 is 4.74 Å². The summed E-state index contributed by atoms with van der Waals surface area (Å²) in [5.41, 5.74) is 4.01. The van der Waals surface area contributed by atoms with E-state index < -0.39 is 6.23 Å². The molecule has 0 fully saturated rings. The molecule has 1 aromatic heterocycles. The number of hydrogen-bond acceptors (Lipinski definition) is 3. The Hall–Kier alpha value is -3.92. The van der Waals surface area contributed by atoms with Gasteiger partial charge >= 0.3 is 0 Å². The highest BCUT2D eigenvalue weighted by Gasteiger charge is 2.30. The zero-order valence-electron chi connectivity index (χ0n) is 17.5. The molecule has 0 aliphatic rings. The summed E-state index contributed by atoms with van der Waals surface area (Å²) in [5.74, 6) is 0.556. The minimum Gasteiger partial charge on any atom is -0.468 e. The molecule has 1 unspecified atom stereocenters. The lowest BCUT2D eigenvalue weighted by molar-refractivity contribution is 0.0408. The topological polar surface area (TPSA) is 39.9 Å². The van der Waals surface area contributed by atoms with E-state index in [1.54, 1.807) is 6.08 Å². The van der Waals surface area contributed by atoms with Crippen LogP contribution < -0.4 is 0 Å². The average Bonchev–Trinajstić information content (AvgIpc) is 3.26. The molecule has 0 aliphatic heterocycles. The van der Waals surface area contributed by atoms with Crippen LogP contribution in [0.3, 0.4) is 0 Å². The van der Waals surface area contributed by atoms with Crippen LogP contribution in [0.1, 0.15) is 30.2 Å². The Balaban J connectivity index is 1.91. The molecule has 0 saturated carbocycles. The molecule has 4 heteroatoms. The van der Waals surface area contributed by atoms with Crippen LogP contribution in [0.25, 0.3) is 11.0 Å². The number of rotatable bonds is 8. The van der Waals surface area contributed by atoms with Gasteiger partial charge in [-0.05, 0) is 42.3 Å². The highest BCUT2D eigenvalue weighted by atomic mass is 16.5. The maximum atomic E-state index is 6.58. The Bertz CT molecular complexity index is 1150. The van der Waals surface area contributed by atoms with Crippen molar-refractivity contribution in [2.75, 3.05) is 0 Å². The lowest BCUT2D eigenvalue weighted by atomic mass is 9.89. The average molecular weight is 408 g/mol. The minimum absolute atomic E-state index is 0.110. The molecular formula is C27H25N3O. The fourth-order valence-electron chi connectivity index (χ4n) is 3.66. The second-order valence-electron chi connectivity index (χ2n) is 7.13. The summed E-state index contributed by atoms with van der Waals surface area (Å²) in [6.07, 6.45) is 7.06. The SMILES string of the molecule is C=C/C(=C\C=C/C)OC(C(c1ccccc1)c1ccccc1)n1nnc2ccccc21. The number of allylic oxidation sites excluding steroid dienone is 4. The number of ether oxygens (including phenoxy) is 1. The first-order chi connectivity index (χ1) is 15.3. The summed E-state index contributed by atoms with van der Waals surface area (Å²) in [6, 6.07) is 28.6. The van der Waals surface area contributed by atoms with Crippen molar-refractivity contribution in [3.8, 4) is 0 Å². The van der Waals surface area contributed by atoms with Gasteiger partial charge in [-0.3, -0.25) is 0 Å². The number of benzene rings is 3. The summed E-state index contributed by atoms with van der Waals surface area (Å²) in [4.78, 5) is 0. The van der Waals surface area contributed by atoms with Gasteiger partial charge in [-0.25, -0.2) is 4.68 Å². The van der Waals surface area contributed by atoms with Gasteiger partial charge in [0.15, 0.2) is 0 Å². The molecule has 1 atom stereocenters. The standard InChI is InChI=1S/C27H25N3O/c1-3-5-18-23(4-2)31-27(30-25-20-13-12-19-24(25)28-29-30)26(21-14-8-6-9-15-21)22-16-10-7-11-17-22/h3-20,26-27H,2H2,1H3/b5-3-,23-18+. The second kappa shape index (κ2) is 9.72. The van der Waals surface area contributed by atoms with Gasteiger partial charge in [0.1, 0.15) is 11.3 Å². The predicted octanol–water partition coefficient (Wildman–Crippen LogP) is 6.42. The van der Waals surface area contributed by atoms with Crippen LogP contribution >= 0.6 is 0 Å². The summed E-state index contributed by atoms with van der Waals surface area (Å²) >= 11 is 0. The van der Waals surface area contributed by atoms with Gasteiger partial charge in [0.05, 0.1) is 11.4 Å². The molecule has 154 valence electrons. The number of hydrogen-bond donors (Lipinski definition) is 0. The number of aromatic nitrogens is 3. The molecule has 4 aromatic rings. The molecule has 0 aliphatic carbocycles. The van der Waals surface area contributed by atoms with Crippen molar-refractivity contribution < 1.29 is 4.74 Å². The van der Waals surface area contributed by atoms with E-state index in [1.165, 1.54) is 0 Å². The molecule has 0 spiro atoms. The lowest BCUT2D eigenvalue weighted by Crippen LogP contribution is -2.23. The van der Waals surface area contributed by atoms with Crippen molar-refractivity contribution in [2.24, 2.45) is 0 Å². The minimum atomic E-state index is -0.466. The van der Waals surface area contributed by atoms with Crippen LogP contribution in [-0.2, 0) is 4.74 Å². The molecule has 4 rings (SSSR count). The van der Waals surface area contributed by atoms with Crippen LogP contribution in [-0.4, -0.2) is 15.0 Å². The first-order valence-electron chi connectivity index (χ1n) is 10.3. The molecule has 0 radical (unpaired) electrons. The normalized spacial score (nSPS) is 13.0. The Kier molecular flexibility index (Phi) is 6.38. The molecule has 0 saturated heterocycles. The highest BCUT2D eigenvalue weighted by Crippen LogP contribution is 2.38. The van der Waals surface area contributed by atoms with E-state index in [-0.39, 0.29) is 5.92 Å². The molecule has 0 bridgehead atoms. The zero-order valence-corrected chi connectivity index (χ0v) is 17.5. The number of fused-ring (bicyclic) bond motifs is 1. The van der Waals surface area contributed by atoms with Crippen LogP contribution in [0.4, 0.5) is 0 Å². The lowest BCUT2D eigenvalue weighted by Gasteiger charge is -2.29. The Morgan fingerprint density at radius 3 is 2.13 bits per heavy atom. The second-order valence-corrected chi connectivity index (χ2v) is 7.13. The van der Waals surface area contributed by atoms with Crippen molar-refractivity contribution in [3.63, 3.8) is 0 Å². The van der Waals surface area contributed by atoms with E-state index in [0.717, 1.165) is 22.2 Å². The zero-order chi connectivity index (χ0) is 21.5. The van der Waals surface area contributed by atoms with E-state index in [4.69, 9.17) is 4.74 Å². The van der Waals surface area contributed by atoms with Crippen molar-refractivity contribution in [3.05, 3.63) is 133 Å². The third kappa shape index (κ3) is 4.48. The monoisotopic (exact) mass is 407 g/mol. The van der Waals surface area contributed by atoms with Crippen molar-refractivity contribution >= 4 is 11.0 Å². The smallest absolute Gasteiger partial charge is 0.204 e. The summed E-state index contributed by atoms with van der Waals surface area (Å²) < 4.78 is 8.45. The van der Waals surface area contributed by atoms with E-state index in [2.05, 4.69) is 41.2 Å². The maximum Gasteiger partial charge on any atom is 0.204 e. The molecule has 31 heavy (non-hydrogen) atoms. The largest absolute Gasteiger partial charge is 0.468 e. The molecule has 3 aromatic carbocycles. The van der Waals surface area contributed by atoms with Crippen molar-refractivity contribution in [2.45, 2.75) is 19.1 Å². The Labute approximate surface area is 182 Å². The maximum absolute atomic E-state index is 6.58. The third-order valence-electron chi connectivity index (χ3n) is 5.13. The van der Waals surface area contributed by atoms with Crippen molar-refractivity contribution in [1.82, 2.24) is 15.0 Å². The summed E-state index contributed by atoms with van der Waals surface area (Å²) in [5, 5.41) is 8.88. The molecular weight excluding hydrogens is 382 g/mol. The van der Waals surface area contributed by atoms with Crippen LogP contribution in [0.5, 0.6) is 0 Å². The van der Waals surface area contributed by atoms with E-state index in [9.17, 15) is 0 Å². The van der Waals surface area contributed by atoms with E-state index >= 15 is 0 Å². The van der Waals surface area contributed by atoms with Crippen LogP contribution in [0, 0.1) is 0 Å². The number of nitrogens with zero attached hydrogens (tertiary/aromatic N) is 3. The van der Waals surface area contributed by atoms with Gasteiger partial charge in [-0.2, -0.15) is 0 Å². The third-order valence-corrected chi connectivity index (χ3v) is 5.13. The van der Waals surface area contributed by atoms with Gasteiger partial charge in [-0.15, -0.1) is 5.10 Å². The fraction of sp³-hybridized carbons (Fsp3) is 0.111. The molecule has 1 heterocycles. The van der Waals surface area contributed by atoms with Gasteiger partial charge in [0.25, 0.3) is 0 Å². The first kappa shape index (κ1) is 20.4. The molecule has 0 N–H and O–H groups in total. The Morgan fingerprint density at radius 2 is 1.52 bits per heavy atom. The summed E-state index contributed by atoms with van der Waals surface area (Å²) in [6.45, 7) is 5.91. The van der Waals surface area contributed by atoms with Crippen molar-refractivity contribution in [1.29, 1.82) is 0 Å². The van der Waals surface area contributed by atoms with Gasteiger partial charge in [-0.1, -0.05) is 96.7 Å². The molecule has 4 nitrogen and oxygen atoms in total. The Morgan fingerprint density at radius 1 is 0.903 bits per heavy atom. The quantitative estimate of drug-likeness (QED) is 0.250. The summed E-state index contributed by atoms with van der Waals surface area (Å²) in [7, 11) is 0. The predicted molar refractivity (Wildman–Crippen MR) is 125 cm³/mol. The van der Waals surface area contributed by atoms with E-state index in [0.29, 0.717) is 5.76 Å². The van der Waals surface area contributed by atoms with Crippen LogP contribution in [0.15, 0.2) is 122 Å². The molecule has 0 amide bonds.